The van der Waals surface area contributed by atoms with Crippen molar-refractivity contribution < 1.29 is 14.6 Å². The van der Waals surface area contributed by atoms with Crippen LogP contribution < -0.4 is 4.74 Å². The van der Waals surface area contributed by atoms with Crippen molar-refractivity contribution >= 4 is 21.9 Å². The summed E-state index contributed by atoms with van der Waals surface area (Å²) in [4.78, 5) is 15.3. The highest BCUT2D eigenvalue weighted by molar-refractivity contribution is 9.10. The van der Waals surface area contributed by atoms with Crippen LogP contribution in [0.25, 0.3) is 0 Å². The van der Waals surface area contributed by atoms with Crippen molar-refractivity contribution in [3.63, 3.8) is 0 Å². The molecule has 2 rings (SSSR count). The maximum Gasteiger partial charge on any atom is 0.341 e. The van der Waals surface area contributed by atoms with Crippen molar-refractivity contribution in [2.24, 2.45) is 5.92 Å². The van der Waals surface area contributed by atoms with Crippen LogP contribution in [0.1, 0.15) is 49.4 Å². The standard InChI is InChI=1S/C14H18BrNO3/c1-2-9-5-3-4-6-12(9)19-13-11(14(17)18)7-10(15)8-16-13/h7-9,12H,2-6H2,1H3,(H,17,18). The quantitative estimate of drug-likeness (QED) is 0.911. The molecule has 1 heterocycles. The maximum absolute atomic E-state index is 11.2. The van der Waals surface area contributed by atoms with Crippen LogP contribution >= 0.6 is 15.9 Å². The Morgan fingerprint density at radius 1 is 1.53 bits per heavy atom. The number of aromatic carboxylic acids is 1. The monoisotopic (exact) mass is 327 g/mol. The van der Waals surface area contributed by atoms with E-state index in [-0.39, 0.29) is 17.5 Å². The lowest BCUT2D eigenvalue weighted by atomic mass is 9.85. The summed E-state index contributed by atoms with van der Waals surface area (Å²) < 4.78 is 6.54. The van der Waals surface area contributed by atoms with Gasteiger partial charge in [-0.05, 0) is 53.6 Å². The fourth-order valence-electron chi connectivity index (χ4n) is 2.61. The van der Waals surface area contributed by atoms with Gasteiger partial charge in [0, 0.05) is 10.7 Å². The second-order valence-corrected chi connectivity index (χ2v) is 5.84. The summed E-state index contributed by atoms with van der Waals surface area (Å²) in [7, 11) is 0. The Kier molecular flexibility index (Phi) is 4.80. The third kappa shape index (κ3) is 3.47. The van der Waals surface area contributed by atoms with Crippen molar-refractivity contribution in [3.8, 4) is 5.88 Å². The van der Waals surface area contributed by atoms with Crippen molar-refractivity contribution in [2.75, 3.05) is 0 Å². The minimum absolute atomic E-state index is 0.0884. The third-order valence-electron chi connectivity index (χ3n) is 3.67. The minimum atomic E-state index is -1.01. The zero-order chi connectivity index (χ0) is 13.8. The van der Waals surface area contributed by atoms with Crippen LogP contribution in [0.4, 0.5) is 0 Å². The SMILES string of the molecule is CCC1CCCCC1Oc1ncc(Br)cc1C(=O)O. The van der Waals surface area contributed by atoms with Crippen molar-refractivity contribution in [3.05, 3.63) is 22.3 Å². The van der Waals surface area contributed by atoms with E-state index in [1.165, 1.54) is 12.5 Å². The summed E-state index contributed by atoms with van der Waals surface area (Å²) in [6.07, 6.45) is 7.23. The second-order valence-electron chi connectivity index (χ2n) is 4.92. The van der Waals surface area contributed by atoms with Gasteiger partial charge in [0.1, 0.15) is 11.7 Å². The molecule has 4 nitrogen and oxygen atoms in total. The first-order valence-corrected chi connectivity index (χ1v) is 7.46. The predicted molar refractivity (Wildman–Crippen MR) is 75.6 cm³/mol. The Labute approximate surface area is 121 Å². The molecule has 2 atom stereocenters. The van der Waals surface area contributed by atoms with E-state index in [1.807, 2.05) is 0 Å². The van der Waals surface area contributed by atoms with E-state index >= 15 is 0 Å². The third-order valence-corrected chi connectivity index (χ3v) is 4.11. The molecule has 1 aromatic heterocycles. The number of aromatic nitrogens is 1. The lowest BCUT2D eigenvalue weighted by molar-refractivity contribution is 0.0654. The molecule has 1 saturated carbocycles. The highest BCUT2D eigenvalue weighted by atomic mass is 79.9. The van der Waals surface area contributed by atoms with E-state index in [2.05, 4.69) is 27.8 Å². The molecule has 0 bridgehead atoms. The Bertz CT molecular complexity index is 464. The van der Waals surface area contributed by atoms with Gasteiger partial charge in [0.2, 0.25) is 5.88 Å². The van der Waals surface area contributed by atoms with Gasteiger partial charge < -0.3 is 9.84 Å². The Balaban J connectivity index is 2.20. The van der Waals surface area contributed by atoms with Gasteiger partial charge in [-0.1, -0.05) is 13.3 Å². The molecule has 0 amide bonds. The number of pyridine rings is 1. The number of halogens is 1. The molecule has 19 heavy (non-hydrogen) atoms. The smallest absolute Gasteiger partial charge is 0.341 e. The Morgan fingerprint density at radius 3 is 2.95 bits per heavy atom. The number of ether oxygens (including phenoxy) is 1. The van der Waals surface area contributed by atoms with E-state index < -0.39 is 5.97 Å². The summed E-state index contributed by atoms with van der Waals surface area (Å²) in [6, 6.07) is 1.54. The molecular formula is C14H18BrNO3. The van der Waals surface area contributed by atoms with Crippen LogP contribution in [-0.2, 0) is 0 Å². The van der Waals surface area contributed by atoms with E-state index in [9.17, 15) is 9.90 Å². The maximum atomic E-state index is 11.2. The number of hydrogen-bond donors (Lipinski definition) is 1. The molecule has 0 aliphatic heterocycles. The van der Waals surface area contributed by atoms with Crippen molar-refractivity contribution in [1.29, 1.82) is 0 Å². The molecular weight excluding hydrogens is 310 g/mol. The summed E-state index contributed by atoms with van der Waals surface area (Å²) >= 11 is 3.23. The zero-order valence-electron chi connectivity index (χ0n) is 10.9. The lowest BCUT2D eigenvalue weighted by Gasteiger charge is -2.31. The van der Waals surface area contributed by atoms with Crippen LogP contribution in [0, 0.1) is 5.92 Å². The summed E-state index contributed by atoms with van der Waals surface area (Å²) in [6.45, 7) is 2.15. The molecule has 1 aliphatic rings. The van der Waals surface area contributed by atoms with E-state index in [0.717, 1.165) is 25.7 Å². The van der Waals surface area contributed by atoms with E-state index in [0.29, 0.717) is 10.4 Å². The summed E-state index contributed by atoms with van der Waals surface area (Å²) in [5.74, 6) is -0.269. The zero-order valence-corrected chi connectivity index (χ0v) is 12.5. The van der Waals surface area contributed by atoms with Crippen LogP contribution in [0.5, 0.6) is 5.88 Å². The van der Waals surface area contributed by atoms with Crippen LogP contribution in [0.2, 0.25) is 0 Å². The van der Waals surface area contributed by atoms with E-state index in [1.54, 1.807) is 6.20 Å². The van der Waals surface area contributed by atoms with Crippen LogP contribution in [0.15, 0.2) is 16.7 Å². The fourth-order valence-corrected chi connectivity index (χ4v) is 2.94. The largest absolute Gasteiger partial charge is 0.477 e. The number of nitrogens with zero attached hydrogens (tertiary/aromatic N) is 1. The minimum Gasteiger partial charge on any atom is -0.477 e. The molecule has 1 aromatic rings. The molecule has 2 unspecified atom stereocenters. The van der Waals surface area contributed by atoms with Gasteiger partial charge in [-0.25, -0.2) is 9.78 Å². The van der Waals surface area contributed by atoms with Gasteiger partial charge in [-0.2, -0.15) is 0 Å². The molecule has 0 spiro atoms. The van der Waals surface area contributed by atoms with Gasteiger partial charge >= 0.3 is 5.97 Å². The first kappa shape index (κ1) is 14.3. The number of hydrogen-bond acceptors (Lipinski definition) is 3. The number of carboxylic acid groups (broad SMARTS) is 1. The average Bonchev–Trinajstić information content (AvgIpc) is 2.41. The summed E-state index contributed by atoms with van der Waals surface area (Å²) in [5, 5.41) is 9.20. The van der Waals surface area contributed by atoms with Crippen LogP contribution in [-0.4, -0.2) is 22.2 Å². The van der Waals surface area contributed by atoms with Crippen molar-refractivity contribution in [1.82, 2.24) is 4.98 Å². The first-order valence-electron chi connectivity index (χ1n) is 6.67. The average molecular weight is 328 g/mol. The number of rotatable bonds is 4. The normalized spacial score (nSPS) is 23.1. The van der Waals surface area contributed by atoms with Crippen LogP contribution in [0.3, 0.4) is 0 Å². The molecule has 0 radical (unpaired) electrons. The van der Waals surface area contributed by atoms with E-state index in [4.69, 9.17) is 4.74 Å². The number of carbonyl (C=O) groups is 1. The molecule has 1 aliphatic carbocycles. The second kappa shape index (κ2) is 6.37. The van der Waals surface area contributed by atoms with Gasteiger partial charge in [0.05, 0.1) is 0 Å². The topological polar surface area (TPSA) is 59.4 Å². The van der Waals surface area contributed by atoms with Gasteiger partial charge in [0.25, 0.3) is 0 Å². The molecule has 0 saturated heterocycles. The van der Waals surface area contributed by atoms with Gasteiger partial charge in [-0.15, -0.1) is 0 Å². The first-order chi connectivity index (χ1) is 9.11. The van der Waals surface area contributed by atoms with Gasteiger partial charge in [0.15, 0.2) is 0 Å². The Hall–Kier alpha value is -1.10. The predicted octanol–water partition coefficient (Wildman–Crippen LogP) is 3.89. The molecule has 5 heteroatoms. The molecule has 104 valence electrons. The lowest BCUT2D eigenvalue weighted by Crippen LogP contribution is -2.30. The van der Waals surface area contributed by atoms with Crippen molar-refractivity contribution in [2.45, 2.75) is 45.1 Å². The Morgan fingerprint density at radius 2 is 2.26 bits per heavy atom. The van der Waals surface area contributed by atoms with Gasteiger partial charge in [-0.3, -0.25) is 0 Å². The summed E-state index contributed by atoms with van der Waals surface area (Å²) in [5.41, 5.74) is 0.120. The molecule has 1 N–H and O–H groups in total. The molecule has 1 fully saturated rings. The molecule has 0 aromatic carbocycles. The number of carboxylic acids is 1. The highest BCUT2D eigenvalue weighted by Crippen LogP contribution is 2.31. The fraction of sp³-hybridized carbons (Fsp3) is 0.571. The highest BCUT2D eigenvalue weighted by Gasteiger charge is 2.27.